The smallest absolute Gasteiger partial charge is 0.0315 e. The van der Waals surface area contributed by atoms with Gasteiger partial charge in [0, 0.05) is 5.25 Å². The Bertz CT molecular complexity index is 233. The highest BCUT2D eigenvalue weighted by atomic mass is 32.1. The van der Waals surface area contributed by atoms with Gasteiger partial charge >= 0.3 is 0 Å². The Labute approximate surface area is 80.4 Å². The molecule has 0 aliphatic carbocycles. The monoisotopic (exact) mass is 180 g/mol. The largest absolute Gasteiger partial charge is 0.171 e. The van der Waals surface area contributed by atoms with Crippen LogP contribution in [0.15, 0.2) is 30.3 Å². The van der Waals surface area contributed by atoms with E-state index in [-0.39, 0.29) is 5.41 Å². The molecule has 1 aromatic carbocycles. The predicted octanol–water partition coefficient (Wildman–Crippen LogP) is 3.70. The van der Waals surface area contributed by atoms with Gasteiger partial charge in [0.1, 0.15) is 0 Å². The maximum atomic E-state index is 4.60. The number of rotatable bonds is 1. The zero-order chi connectivity index (χ0) is 9.19. The lowest BCUT2D eigenvalue weighted by molar-refractivity contribution is 0.403. The first kappa shape index (κ1) is 9.66. The number of benzene rings is 1. The molecule has 0 nitrogen and oxygen atoms in total. The van der Waals surface area contributed by atoms with E-state index in [0.717, 1.165) is 0 Å². The van der Waals surface area contributed by atoms with Crippen LogP contribution in [-0.2, 0) is 0 Å². The van der Waals surface area contributed by atoms with Crippen molar-refractivity contribution < 1.29 is 0 Å². The lowest BCUT2D eigenvalue weighted by Gasteiger charge is -2.26. The Kier molecular flexibility index (Phi) is 2.84. The molecule has 0 saturated carbocycles. The maximum absolute atomic E-state index is 4.60. The normalized spacial score (nSPS) is 14.3. The molecule has 0 N–H and O–H groups in total. The molecule has 66 valence electrons. The van der Waals surface area contributed by atoms with Crippen LogP contribution in [0, 0.1) is 5.41 Å². The number of hydrogen-bond donors (Lipinski definition) is 1. The lowest BCUT2D eigenvalue weighted by atomic mass is 9.87. The van der Waals surface area contributed by atoms with Crippen molar-refractivity contribution >= 4 is 12.6 Å². The van der Waals surface area contributed by atoms with E-state index in [2.05, 4.69) is 57.7 Å². The van der Waals surface area contributed by atoms with Crippen molar-refractivity contribution in [3.8, 4) is 0 Å². The van der Waals surface area contributed by atoms with Crippen molar-refractivity contribution in [1.82, 2.24) is 0 Å². The van der Waals surface area contributed by atoms with E-state index >= 15 is 0 Å². The summed E-state index contributed by atoms with van der Waals surface area (Å²) in [6, 6.07) is 10.4. The van der Waals surface area contributed by atoms with Crippen molar-refractivity contribution in [2.75, 3.05) is 0 Å². The minimum Gasteiger partial charge on any atom is -0.171 e. The van der Waals surface area contributed by atoms with E-state index < -0.39 is 0 Å². The molecule has 0 bridgehead atoms. The van der Waals surface area contributed by atoms with Crippen LogP contribution in [0.1, 0.15) is 31.6 Å². The Morgan fingerprint density at radius 1 is 1.08 bits per heavy atom. The molecule has 0 heterocycles. The summed E-state index contributed by atoms with van der Waals surface area (Å²) < 4.78 is 0. The molecular formula is C11H16S. The van der Waals surface area contributed by atoms with Crippen LogP contribution in [0.25, 0.3) is 0 Å². The quantitative estimate of drug-likeness (QED) is 0.626. The van der Waals surface area contributed by atoms with Gasteiger partial charge in [-0.15, -0.1) is 0 Å². The van der Waals surface area contributed by atoms with Gasteiger partial charge in [0.25, 0.3) is 0 Å². The first-order chi connectivity index (χ1) is 5.52. The van der Waals surface area contributed by atoms with Gasteiger partial charge in [0.15, 0.2) is 0 Å². The Balaban J connectivity index is 2.86. The van der Waals surface area contributed by atoms with E-state index in [1.54, 1.807) is 0 Å². The van der Waals surface area contributed by atoms with Crippen LogP contribution in [0.3, 0.4) is 0 Å². The Morgan fingerprint density at radius 3 is 2.00 bits per heavy atom. The van der Waals surface area contributed by atoms with E-state index in [4.69, 9.17) is 0 Å². The van der Waals surface area contributed by atoms with Crippen molar-refractivity contribution in [1.29, 1.82) is 0 Å². The van der Waals surface area contributed by atoms with Crippen LogP contribution in [0.2, 0.25) is 0 Å². The highest BCUT2D eigenvalue weighted by Gasteiger charge is 2.21. The average molecular weight is 180 g/mol. The first-order valence-electron chi connectivity index (χ1n) is 4.25. The van der Waals surface area contributed by atoms with Gasteiger partial charge in [0.05, 0.1) is 0 Å². The van der Waals surface area contributed by atoms with Crippen molar-refractivity contribution in [2.45, 2.75) is 26.0 Å². The highest BCUT2D eigenvalue weighted by molar-refractivity contribution is 7.80. The minimum absolute atomic E-state index is 0.227. The van der Waals surface area contributed by atoms with Gasteiger partial charge in [-0.2, -0.15) is 12.6 Å². The fraction of sp³-hybridized carbons (Fsp3) is 0.455. The van der Waals surface area contributed by atoms with Gasteiger partial charge in [-0.25, -0.2) is 0 Å². The van der Waals surface area contributed by atoms with E-state index in [0.29, 0.717) is 5.25 Å². The highest BCUT2D eigenvalue weighted by Crippen LogP contribution is 2.37. The van der Waals surface area contributed by atoms with Crippen molar-refractivity contribution in [3.63, 3.8) is 0 Å². The van der Waals surface area contributed by atoms with Gasteiger partial charge in [0.2, 0.25) is 0 Å². The van der Waals surface area contributed by atoms with E-state index in [1.807, 2.05) is 6.07 Å². The molecule has 0 fully saturated rings. The molecule has 12 heavy (non-hydrogen) atoms. The Morgan fingerprint density at radius 2 is 1.58 bits per heavy atom. The van der Waals surface area contributed by atoms with Crippen LogP contribution in [0.5, 0.6) is 0 Å². The minimum atomic E-state index is 0.227. The second-order valence-corrected chi connectivity index (χ2v) is 4.70. The molecule has 0 amide bonds. The molecule has 0 aromatic heterocycles. The summed E-state index contributed by atoms with van der Waals surface area (Å²) in [4.78, 5) is 0. The third kappa shape index (κ3) is 2.28. The molecule has 1 atom stereocenters. The number of hydrogen-bond acceptors (Lipinski definition) is 1. The van der Waals surface area contributed by atoms with Crippen LogP contribution < -0.4 is 0 Å². The molecule has 0 unspecified atom stereocenters. The van der Waals surface area contributed by atoms with Crippen LogP contribution in [-0.4, -0.2) is 0 Å². The Hall–Kier alpha value is -0.430. The van der Waals surface area contributed by atoms with Crippen molar-refractivity contribution in [3.05, 3.63) is 35.9 Å². The first-order valence-corrected chi connectivity index (χ1v) is 4.76. The summed E-state index contributed by atoms with van der Waals surface area (Å²) >= 11 is 4.60. The molecule has 0 saturated heterocycles. The molecule has 0 spiro atoms. The summed E-state index contributed by atoms with van der Waals surface area (Å²) in [5.41, 5.74) is 1.53. The van der Waals surface area contributed by atoms with Gasteiger partial charge in [-0.3, -0.25) is 0 Å². The van der Waals surface area contributed by atoms with Gasteiger partial charge in [-0.1, -0.05) is 51.1 Å². The van der Waals surface area contributed by atoms with Crippen molar-refractivity contribution in [2.24, 2.45) is 5.41 Å². The SMILES string of the molecule is CC(C)(C)[C@H](S)c1ccccc1. The number of thiol groups is 1. The zero-order valence-electron chi connectivity index (χ0n) is 7.91. The maximum Gasteiger partial charge on any atom is 0.0315 e. The van der Waals surface area contributed by atoms with Gasteiger partial charge < -0.3 is 0 Å². The third-order valence-electron chi connectivity index (χ3n) is 1.94. The predicted molar refractivity (Wildman–Crippen MR) is 57.6 cm³/mol. The summed E-state index contributed by atoms with van der Waals surface area (Å²) in [5.74, 6) is 0. The average Bonchev–Trinajstić information content (AvgIpc) is 2.03. The van der Waals surface area contributed by atoms with Crippen LogP contribution >= 0.6 is 12.6 Å². The fourth-order valence-electron chi connectivity index (χ4n) is 1.14. The van der Waals surface area contributed by atoms with Crippen LogP contribution in [0.4, 0.5) is 0 Å². The molecule has 1 aromatic rings. The molecule has 0 radical (unpaired) electrons. The topological polar surface area (TPSA) is 0 Å². The second kappa shape index (κ2) is 3.53. The molecule has 1 rings (SSSR count). The zero-order valence-corrected chi connectivity index (χ0v) is 8.81. The molecule has 1 heteroatoms. The fourth-order valence-corrected chi connectivity index (χ4v) is 1.31. The lowest BCUT2D eigenvalue weighted by Crippen LogP contribution is -2.12. The standard InChI is InChI=1S/C11H16S/c1-11(2,3)10(12)9-7-5-4-6-8-9/h4-8,10,12H,1-3H3/t10-/m1/s1. The summed E-state index contributed by atoms with van der Waals surface area (Å²) in [6.45, 7) is 6.62. The van der Waals surface area contributed by atoms with E-state index in [9.17, 15) is 0 Å². The summed E-state index contributed by atoms with van der Waals surface area (Å²) in [6.07, 6.45) is 0. The summed E-state index contributed by atoms with van der Waals surface area (Å²) in [7, 11) is 0. The third-order valence-corrected chi connectivity index (χ3v) is 3.01. The molecule has 0 aliphatic rings. The summed E-state index contributed by atoms with van der Waals surface area (Å²) in [5, 5.41) is 0.318. The van der Waals surface area contributed by atoms with Gasteiger partial charge in [-0.05, 0) is 11.0 Å². The van der Waals surface area contributed by atoms with E-state index in [1.165, 1.54) is 5.56 Å². The molecular weight excluding hydrogens is 164 g/mol. The molecule has 0 aliphatic heterocycles. The second-order valence-electron chi connectivity index (χ2n) is 4.18.